The molecular formula is C12H20ClN3O. The number of rotatable bonds is 3. The van der Waals surface area contributed by atoms with Crippen LogP contribution < -0.4 is 5.73 Å². The summed E-state index contributed by atoms with van der Waals surface area (Å²) in [5.41, 5.74) is 6.19. The molecule has 1 aromatic rings. The predicted octanol–water partition coefficient (Wildman–Crippen LogP) is 2.66. The maximum Gasteiger partial charge on any atom is 0.232 e. The van der Waals surface area contributed by atoms with Gasteiger partial charge in [-0.15, -0.1) is 12.4 Å². The number of aromatic nitrogens is 2. The molecule has 0 unspecified atom stereocenters. The molecule has 96 valence electrons. The molecule has 0 amide bonds. The Morgan fingerprint density at radius 1 is 1.24 bits per heavy atom. The van der Waals surface area contributed by atoms with Crippen LogP contribution in [0.4, 0.5) is 0 Å². The van der Waals surface area contributed by atoms with E-state index < -0.39 is 0 Å². The van der Waals surface area contributed by atoms with Crippen LogP contribution in [0.5, 0.6) is 0 Å². The highest BCUT2D eigenvalue weighted by atomic mass is 35.5. The number of nitrogens with zero attached hydrogens (tertiary/aromatic N) is 2. The van der Waals surface area contributed by atoms with Crippen molar-refractivity contribution < 1.29 is 4.52 Å². The van der Waals surface area contributed by atoms with Gasteiger partial charge in [0.1, 0.15) is 0 Å². The third-order valence-electron chi connectivity index (χ3n) is 4.35. The Labute approximate surface area is 108 Å². The minimum Gasteiger partial charge on any atom is -0.339 e. The number of nitrogens with two attached hydrogens (primary N) is 1. The lowest BCUT2D eigenvalue weighted by Gasteiger charge is -2.17. The van der Waals surface area contributed by atoms with Gasteiger partial charge in [-0.2, -0.15) is 4.98 Å². The second-order valence-corrected chi connectivity index (χ2v) is 5.42. The second-order valence-electron chi connectivity index (χ2n) is 5.42. The third-order valence-corrected chi connectivity index (χ3v) is 4.35. The van der Waals surface area contributed by atoms with Gasteiger partial charge in [0, 0.05) is 5.41 Å². The van der Waals surface area contributed by atoms with Crippen molar-refractivity contribution in [3.8, 4) is 0 Å². The van der Waals surface area contributed by atoms with Crippen LogP contribution in [0.2, 0.25) is 0 Å². The van der Waals surface area contributed by atoms with Crippen LogP contribution in [-0.2, 0) is 11.0 Å². The first-order valence-corrected chi connectivity index (χ1v) is 6.32. The normalized spacial score (nSPS) is 24.4. The summed E-state index contributed by atoms with van der Waals surface area (Å²) in [6.45, 7) is 2.19. The first kappa shape index (κ1) is 12.8. The fourth-order valence-corrected chi connectivity index (χ4v) is 2.74. The Morgan fingerprint density at radius 3 is 2.41 bits per heavy atom. The molecule has 0 saturated heterocycles. The zero-order valence-corrected chi connectivity index (χ0v) is 11.1. The summed E-state index contributed by atoms with van der Waals surface area (Å²) >= 11 is 0. The standard InChI is InChI=1S/C12H19N3O.ClH/c1-2-11(7-8-11)10-14-9(15-16-10)12(13)5-3-4-6-12;/h2-8,13H2,1H3;1H. The Balaban J connectivity index is 0.00000108. The summed E-state index contributed by atoms with van der Waals surface area (Å²) in [5, 5.41) is 4.11. The maximum absolute atomic E-state index is 6.31. The van der Waals surface area contributed by atoms with Crippen LogP contribution in [0.1, 0.15) is 63.6 Å². The van der Waals surface area contributed by atoms with Gasteiger partial charge in [0.2, 0.25) is 5.89 Å². The van der Waals surface area contributed by atoms with E-state index in [0.717, 1.165) is 31.0 Å². The monoisotopic (exact) mass is 257 g/mol. The SMILES string of the molecule is CCC1(c2nc(C3(N)CCCC3)no2)CC1.Cl. The molecule has 0 aliphatic heterocycles. The van der Waals surface area contributed by atoms with Gasteiger partial charge < -0.3 is 10.3 Å². The van der Waals surface area contributed by atoms with Crippen LogP contribution in [0.25, 0.3) is 0 Å². The van der Waals surface area contributed by atoms with Crippen LogP contribution in [-0.4, -0.2) is 10.1 Å². The van der Waals surface area contributed by atoms with E-state index in [-0.39, 0.29) is 23.4 Å². The van der Waals surface area contributed by atoms with E-state index in [4.69, 9.17) is 10.3 Å². The van der Waals surface area contributed by atoms with Crippen molar-refractivity contribution in [3.63, 3.8) is 0 Å². The fraction of sp³-hybridized carbons (Fsp3) is 0.833. The van der Waals surface area contributed by atoms with Crippen molar-refractivity contribution in [2.75, 3.05) is 0 Å². The summed E-state index contributed by atoms with van der Waals surface area (Å²) in [6.07, 6.45) is 7.80. The summed E-state index contributed by atoms with van der Waals surface area (Å²) in [5.74, 6) is 1.56. The summed E-state index contributed by atoms with van der Waals surface area (Å²) < 4.78 is 5.42. The van der Waals surface area contributed by atoms with E-state index in [1.54, 1.807) is 0 Å². The summed E-state index contributed by atoms with van der Waals surface area (Å²) in [6, 6.07) is 0. The predicted molar refractivity (Wildman–Crippen MR) is 67.1 cm³/mol. The first-order valence-electron chi connectivity index (χ1n) is 6.32. The zero-order valence-electron chi connectivity index (χ0n) is 10.2. The molecule has 3 rings (SSSR count). The molecule has 0 aromatic carbocycles. The van der Waals surface area contributed by atoms with E-state index in [1.807, 2.05) is 0 Å². The Bertz CT molecular complexity index is 394. The zero-order chi connectivity index (χ0) is 11.2. The fourth-order valence-electron chi connectivity index (χ4n) is 2.74. The molecule has 2 saturated carbocycles. The molecule has 0 atom stereocenters. The third kappa shape index (κ3) is 1.97. The average molecular weight is 258 g/mol. The lowest BCUT2D eigenvalue weighted by atomic mass is 9.98. The van der Waals surface area contributed by atoms with Gasteiger partial charge in [0.25, 0.3) is 0 Å². The Hall–Kier alpha value is -0.610. The van der Waals surface area contributed by atoms with Crippen molar-refractivity contribution in [3.05, 3.63) is 11.7 Å². The minimum absolute atomic E-state index is 0. The molecule has 17 heavy (non-hydrogen) atoms. The maximum atomic E-state index is 6.31. The van der Waals surface area contributed by atoms with Crippen molar-refractivity contribution in [1.82, 2.24) is 10.1 Å². The van der Waals surface area contributed by atoms with Gasteiger partial charge in [-0.3, -0.25) is 0 Å². The smallest absolute Gasteiger partial charge is 0.232 e. The van der Waals surface area contributed by atoms with Gasteiger partial charge in [0.15, 0.2) is 5.82 Å². The second kappa shape index (κ2) is 4.25. The van der Waals surface area contributed by atoms with Gasteiger partial charge in [0.05, 0.1) is 5.54 Å². The van der Waals surface area contributed by atoms with Crippen LogP contribution >= 0.6 is 12.4 Å². The Morgan fingerprint density at radius 2 is 1.88 bits per heavy atom. The quantitative estimate of drug-likeness (QED) is 0.904. The number of halogens is 1. The van der Waals surface area contributed by atoms with Crippen LogP contribution in [0.15, 0.2) is 4.52 Å². The largest absolute Gasteiger partial charge is 0.339 e. The van der Waals surface area contributed by atoms with Gasteiger partial charge in [-0.1, -0.05) is 24.9 Å². The highest BCUT2D eigenvalue weighted by molar-refractivity contribution is 5.85. The molecule has 2 N–H and O–H groups in total. The average Bonchev–Trinajstić information content (AvgIpc) is 2.75. The lowest BCUT2D eigenvalue weighted by molar-refractivity contribution is 0.325. The highest BCUT2D eigenvalue weighted by Gasteiger charge is 2.48. The molecule has 0 spiro atoms. The molecule has 2 aliphatic rings. The molecule has 2 aliphatic carbocycles. The van der Waals surface area contributed by atoms with Crippen molar-refractivity contribution in [2.24, 2.45) is 5.73 Å². The minimum atomic E-state index is -0.314. The van der Waals surface area contributed by atoms with E-state index in [2.05, 4.69) is 17.1 Å². The van der Waals surface area contributed by atoms with E-state index in [1.165, 1.54) is 25.7 Å². The lowest BCUT2D eigenvalue weighted by Crippen LogP contribution is -2.34. The van der Waals surface area contributed by atoms with Gasteiger partial charge >= 0.3 is 0 Å². The van der Waals surface area contributed by atoms with Crippen molar-refractivity contribution in [2.45, 2.75) is 62.8 Å². The Kier molecular flexibility index (Phi) is 3.21. The van der Waals surface area contributed by atoms with Crippen molar-refractivity contribution >= 4 is 12.4 Å². The van der Waals surface area contributed by atoms with Crippen molar-refractivity contribution in [1.29, 1.82) is 0 Å². The van der Waals surface area contributed by atoms with E-state index >= 15 is 0 Å². The molecule has 5 heteroatoms. The number of hydrogen-bond donors (Lipinski definition) is 1. The molecule has 1 heterocycles. The molecular weight excluding hydrogens is 238 g/mol. The first-order chi connectivity index (χ1) is 7.69. The highest BCUT2D eigenvalue weighted by Crippen LogP contribution is 2.50. The van der Waals surface area contributed by atoms with Crippen LogP contribution in [0, 0.1) is 0 Å². The van der Waals surface area contributed by atoms with Gasteiger partial charge in [-0.05, 0) is 32.1 Å². The topological polar surface area (TPSA) is 64.9 Å². The molecule has 1 aromatic heterocycles. The molecule has 0 bridgehead atoms. The summed E-state index contributed by atoms with van der Waals surface area (Å²) in [7, 11) is 0. The van der Waals surface area contributed by atoms with E-state index in [9.17, 15) is 0 Å². The number of hydrogen-bond acceptors (Lipinski definition) is 4. The van der Waals surface area contributed by atoms with Crippen LogP contribution in [0.3, 0.4) is 0 Å². The molecule has 2 fully saturated rings. The van der Waals surface area contributed by atoms with E-state index in [0.29, 0.717) is 0 Å². The van der Waals surface area contributed by atoms with Gasteiger partial charge in [-0.25, -0.2) is 0 Å². The molecule has 4 nitrogen and oxygen atoms in total. The molecule has 0 radical (unpaired) electrons. The summed E-state index contributed by atoms with van der Waals surface area (Å²) in [4.78, 5) is 4.57.